The van der Waals surface area contributed by atoms with Gasteiger partial charge in [-0.15, -0.1) is 11.8 Å². The van der Waals surface area contributed by atoms with Gasteiger partial charge in [-0.05, 0) is 19.6 Å². The molecular weight excluding hydrogens is 246 g/mol. The van der Waals surface area contributed by atoms with Crippen LogP contribution in [0.1, 0.15) is 13.8 Å². The smallest absolute Gasteiger partial charge is 0.122 e. The molecule has 0 aliphatic heterocycles. The van der Waals surface area contributed by atoms with Crippen molar-refractivity contribution in [3.63, 3.8) is 0 Å². The van der Waals surface area contributed by atoms with Gasteiger partial charge in [0.2, 0.25) is 0 Å². The molecule has 0 aliphatic carbocycles. The highest BCUT2D eigenvalue weighted by atomic mass is 32.2. The molecule has 6 heteroatoms. The second-order valence-corrected chi connectivity index (χ2v) is 4.89. The molecule has 0 aromatic carbocycles. The minimum atomic E-state index is 0.317. The molecule has 0 atom stereocenters. The minimum Gasteiger partial charge on any atom is -0.368 e. The number of ether oxygens (including phenoxy) is 2. The standard InChI is InChI=1S/C10H23NO3S2/c1-10(2)11(12-3)8-13-4-5-14-9-16-7-6-15/h10,15H,4-9H2,1-3H3. The first-order chi connectivity index (χ1) is 7.72. The molecule has 0 amide bonds. The van der Waals surface area contributed by atoms with Crippen LogP contribution in [0, 0.1) is 0 Å². The summed E-state index contributed by atoms with van der Waals surface area (Å²) in [6.07, 6.45) is 0. The number of rotatable bonds is 11. The van der Waals surface area contributed by atoms with E-state index >= 15 is 0 Å². The molecular formula is C10H23NO3S2. The van der Waals surface area contributed by atoms with E-state index < -0.39 is 0 Å². The van der Waals surface area contributed by atoms with E-state index in [9.17, 15) is 0 Å². The van der Waals surface area contributed by atoms with Crippen LogP contribution >= 0.6 is 24.4 Å². The maximum atomic E-state index is 5.41. The fraction of sp³-hybridized carbons (Fsp3) is 1.00. The van der Waals surface area contributed by atoms with E-state index in [4.69, 9.17) is 14.3 Å². The van der Waals surface area contributed by atoms with Gasteiger partial charge in [-0.3, -0.25) is 4.84 Å². The molecule has 0 fully saturated rings. The third-order valence-electron chi connectivity index (χ3n) is 1.80. The summed E-state index contributed by atoms with van der Waals surface area (Å²) in [5.41, 5.74) is 0. The molecule has 0 unspecified atom stereocenters. The van der Waals surface area contributed by atoms with Gasteiger partial charge in [-0.1, -0.05) is 0 Å². The lowest BCUT2D eigenvalue weighted by Crippen LogP contribution is -2.32. The Morgan fingerprint density at radius 3 is 2.50 bits per heavy atom. The average Bonchev–Trinajstić information content (AvgIpc) is 2.26. The summed E-state index contributed by atoms with van der Waals surface area (Å²) in [5.74, 6) is 2.62. The Kier molecular flexibility index (Phi) is 12.4. The first-order valence-electron chi connectivity index (χ1n) is 5.37. The zero-order valence-corrected chi connectivity index (χ0v) is 12.1. The van der Waals surface area contributed by atoms with Gasteiger partial charge in [0, 0.05) is 11.8 Å². The quantitative estimate of drug-likeness (QED) is 0.268. The Bertz CT molecular complexity index is 150. The van der Waals surface area contributed by atoms with Gasteiger partial charge >= 0.3 is 0 Å². The fourth-order valence-corrected chi connectivity index (χ4v) is 1.80. The van der Waals surface area contributed by atoms with Crippen LogP contribution < -0.4 is 0 Å². The predicted octanol–water partition coefficient (Wildman–Crippen LogP) is 1.87. The van der Waals surface area contributed by atoms with Crippen molar-refractivity contribution in [1.82, 2.24) is 5.06 Å². The summed E-state index contributed by atoms with van der Waals surface area (Å²) in [4.78, 5) is 5.13. The van der Waals surface area contributed by atoms with Crippen molar-refractivity contribution in [2.24, 2.45) is 0 Å². The van der Waals surface area contributed by atoms with Crippen LogP contribution in [-0.4, -0.2) is 55.6 Å². The molecule has 0 aromatic rings. The average molecular weight is 269 g/mol. The number of hydrogen-bond donors (Lipinski definition) is 1. The van der Waals surface area contributed by atoms with Crippen LogP contribution in [0.15, 0.2) is 0 Å². The van der Waals surface area contributed by atoms with Crippen molar-refractivity contribution in [3.05, 3.63) is 0 Å². The molecule has 0 N–H and O–H groups in total. The van der Waals surface area contributed by atoms with Crippen LogP contribution in [0.5, 0.6) is 0 Å². The van der Waals surface area contributed by atoms with Crippen molar-refractivity contribution in [2.45, 2.75) is 19.9 Å². The second-order valence-electron chi connectivity index (χ2n) is 3.39. The molecule has 0 saturated carbocycles. The van der Waals surface area contributed by atoms with Gasteiger partial charge < -0.3 is 9.47 Å². The lowest BCUT2D eigenvalue weighted by Gasteiger charge is -2.22. The monoisotopic (exact) mass is 269 g/mol. The fourth-order valence-electron chi connectivity index (χ4n) is 0.926. The molecule has 0 radical (unpaired) electrons. The van der Waals surface area contributed by atoms with Crippen molar-refractivity contribution in [2.75, 3.05) is 44.5 Å². The van der Waals surface area contributed by atoms with Crippen LogP contribution in [-0.2, 0) is 14.3 Å². The van der Waals surface area contributed by atoms with Gasteiger partial charge in [0.15, 0.2) is 0 Å². The SMILES string of the molecule is CON(COCCOCSCCS)C(C)C. The lowest BCUT2D eigenvalue weighted by atomic mass is 10.4. The van der Waals surface area contributed by atoms with Gasteiger partial charge in [-0.25, -0.2) is 0 Å². The summed E-state index contributed by atoms with van der Waals surface area (Å²) < 4.78 is 10.8. The van der Waals surface area contributed by atoms with Gasteiger partial charge in [-0.2, -0.15) is 17.7 Å². The zero-order chi connectivity index (χ0) is 12.2. The summed E-state index contributed by atoms with van der Waals surface area (Å²) in [7, 11) is 1.65. The zero-order valence-electron chi connectivity index (χ0n) is 10.3. The highest BCUT2D eigenvalue weighted by molar-refractivity contribution is 7.99. The molecule has 0 rings (SSSR count). The third kappa shape index (κ3) is 9.74. The van der Waals surface area contributed by atoms with Crippen molar-refractivity contribution >= 4 is 24.4 Å². The Hall–Kier alpha value is 0.540. The molecule has 0 heterocycles. The topological polar surface area (TPSA) is 30.9 Å². The van der Waals surface area contributed by atoms with E-state index in [1.165, 1.54) is 0 Å². The van der Waals surface area contributed by atoms with Crippen LogP contribution in [0.25, 0.3) is 0 Å². The maximum absolute atomic E-state index is 5.41. The van der Waals surface area contributed by atoms with Crippen molar-refractivity contribution in [3.8, 4) is 0 Å². The molecule has 0 saturated heterocycles. The predicted molar refractivity (Wildman–Crippen MR) is 71.9 cm³/mol. The number of nitrogens with zero attached hydrogens (tertiary/aromatic N) is 1. The first kappa shape index (κ1) is 16.5. The van der Waals surface area contributed by atoms with E-state index in [1.54, 1.807) is 23.9 Å². The highest BCUT2D eigenvalue weighted by Crippen LogP contribution is 2.01. The van der Waals surface area contributed by atoms with Crippen molar-refractivity contribution < 1.29 is 14.3 Å². The van der Waals surface area contributed by atoms with E-state index in [0.29, 0.717) is 31.9 Å². The van der Waals surface area contributed by atoms with Crippen molar-refractivity contribution in [1.29, 1.82) is 0 Å². The van der Waals surface area contributed by atoms with E-state index in [0.717, 1.165) is 11.5 Å². The molecule has 0 aromatic heterocycles. The van der Waals surface area contributed by atoms with Gasteiger partial charge in [0.05, 0.1) is 26.3 Å². The number of thioether (sulfide) groups is 1. The normalized spacial score (nSPS) is 11.6. The number of hydrogen-bond acceptors (Lipinski definition) is 6. The van der Waals surface area contributed by atoms with E-state index in [2.05, 4.69) is 26.5 Å². The van der Waals surface area contributed by atoms with E-state index in [1.807, 2.05) is 0 Å². The van der Waals surface area contributed by atoms with Crippen LogP contribution in [0.4, 0.5) is 0 Å². The number of thiol groups is 1. The minimum absolute atomic E-state index is 0.317. The van der Waals surface area contributed by atoms with Gasteiger partial charge in [0.1, 0.15) is 6.73 Å². The van der Waals surface area contributed by atoms with Crippen LogP contribution in [0.2, 0.25) is 0 Å². The Labute approximate surface area is 108 Å². The summed E-state index contributed by atoms with van der Waals surface area (Å²) in [5, 5.41) is 1.77. The molecule has 16 heavy (non-hydrogen) atoms. The maximum Gasteiger partial charge on any atom is 0.122 e. The molecule has 98 valence electrons. The number of hydroxylamine groups is 2. The molecule has 0 bridgehead atoms. The molecule has 0 spiro atoms. The Morgan fingerprint density at radius 1 is 1.25 bits per heavy atom. The Balaban J connectivity index is 3.19. The summed E-state index contributed by atoms with van der Waals surface area (Å²) >= 11 is 5.85. The Morgan fingerprint density at radius 2 is 1.94 bits per heavy atom. The highest BCUT2D eigenvalue weighted by Gasteiger charge is 2.07. The lowest BCUT2D eigenvalue weighted by molar-refractivity contribution is -0.207. The molecule has 4 nitrogen and oxygen atoms in total. The summed E-state index contributed by atoms with van der Waals surface area (Å²) in [6.45, 7) is 5.79. The van der Waals surface area contributed by atoms with E-state index in [-0.39, 0.29) is 0 Å². The third-order valence-corrected chi connectivity index (χ3v) is 3.16. The summed E-state index contributed by atoms with van der Waals surface area (Å²) in [6, 6.07) is 0.317. The van der Waals surface area contributed by atoms with Crippen LogP contribution in [0.3, 0.4) is 0 Å². The first-order valence-corrected chi connectivity index (χ1v) is 7.16. The molecule has 0 aliphatic rings. The largest absolute Gasteiger partial charge is 0.368 e. The second kappa shape index (κ2) is 12.0. The van der Waals surface area contributed by atoms with Gasteiger partial charge in [0.25, 0.3) is 0 Å².